The molecule has 0 unspecified atom stereocenters. The first kappa shape index (κ1) is 25.3. The van der Waals surface area contributed by atoms with E-state index < -0.39 is 0 Å². The molecule has 0 heterocycles. The van der Waals surface area contributed by atoms with E-state index in [-0.39, 0.29) is 111 Å². The summed E-state index contributed by atoms with van der Waals surface area (Å²) < 4.78 is 0. The first-order valence-electron chi connectivity index (χ1n) is 0. The van der Waals surface area contributed by atoms with E-state index in [2.05, 4.69) is 0 Å². The fraction of sp³-hybridized carbons (Fsp3) is 0. The maximum absolute atomic E-state index is 0. The minimum absolute atomic E-state index is 0. The minimum Gasteiger partial charge on any atom is 0 e. The third kappa shape index (κ3) is 9.19. The zero-order valence-corrected chi connectivity index (χ0v) is 10.8. The van der Waals surface area contributed by atoms with Crippen LogP contribution in [-0.4, -0.2) is 71.0 Å². The molecule has 0 aromatic carbocycles. The molecule has 6 radical (unpaired) electrons. The Morgan fingerprint density at radius 2 is 0.500 bits per heavy atom. The normalized spacial score (nSPS) is 0. The number of rotatable bonds is 0. The van der Waals surface area contributed by atoms with Crippen LogP contribution in [0.25, 0.3) is 0 Å². The van der Waals surface area contributed by atoms with Crippen LogP contribution in [0.2, 0.25) is 0 Å². The van der Waals surface area contributed by atoms with Gasteiger partial charge >= 0.3 is 0 Å². The van der Waals surface area contributed by atoms with Gasteiger partial charge in [0.1, 0.15) is 0 Å². The van der Waals surface area contributed by atoms with E-state index in [1.54, 1.807) is 0 Å². The summed E-state index contributed by atoms with van der Waals surface area (Å²) in [6.45, 7) is 0. The van der Waals surface area contributed by atoms with Crippen LogP contribution in [0, 0.1) is 39.9 Å². The molecule has 0 aromatic heterocycles. The van der Waals surface area contributed by atoms with E-state index in [0.29, 0.717) is 0 Å². The van der Waals surface area contributed by atoms with Gasteiger partial charge in [0.15, 0.2) is 0 Å². The van der Waals surface area contributed by atoms with Gasteiger partial charge in [-0.15, -0.1) is 0 Å². The third-order valence-electron chi connectivity index (χ3n) is 0. The summed E-state index contributed by atoms with van der Waals surface area (Å²) in [7, 11) is 0. The molecule has 0 saturated carbocycles. The van der Waals surface area contributed by atoms with Crippen LogP contribution in [0.15, 0.2) is 0 Å². The number of hydrogen-bond acceptors (Lipinski definition) is 0. The molecule has 0 rings (SSSR count). The molecular formula is GdTe3. The standard InChI is InChI=1S/Gd.3Te. The summed E-state index contributed by atoms with van der Waals surface area (Å²) in [4.78, 5) is 0. The SMILES string of the molecule is [Gd].[Te].[Te].[Te]. The Kier molecular flexibility index (Phi) is 100. The van der Waals surface area contributed by atoms with Crippen molar-refractivity contribution < 1.29 is 39.9 Å². The molecule has 0 aliphatic carbocycles. The number of hydrogen-bond donors (Lipinski definition) is 0. The van der Waals surface area contributed by atoms with Crippen LogP contribution >= 0.6 is 0 Å². The average Bonchev–Trinajstić information content (AvgIpc) is 0. The second-order valence-corrected chi connectivity index (χ2v) is 0. The van der Waals surface area contributed by atoms with Crippen molar-refractivity contribution in [1.29, 1.82) is 0 Å². The van der Waals surface area contributed by atoms with E-state index in [4.69, 9.17) is 0 Å². The third-order valence-corrected chi connectivity index (χ3v) is 0. The van der Waals surface area contributed by atoms with Crippen LogP contribution < -0.4 is 0 Å². The van der Waals surface area contributed by atoms with E-state index >= 15 is 0 Å². The maximum atomic E-state index is 0. The van der Waals surface area contributed by atoms with Gasteiger partial charge in [-0.1, -0.05) is 0 Å². The van der Waals surface area contributed by atoms with Gasteiger partial charge in [-0.3, -0.25) is 0 Å². The van der Waals surface area contributed by atoms with E-state index in [1.165, 1.54) is 0 Å². The fourth-order valence-electron chi connectivity index (χ4n) is 0. The zero-order valence-electron chi connectivity index (χ0n) is 1.58. The molecule has 0 spiro atoms. The van der Waals surface area contributed by atoms with Crippen LogP contribution in [0.3, 0.4) is 0 Å². The molecule has 0 saturated heterocycles. The fourth-order valence-corrected chi connectivity index (χ4v) is 0. The smallest absolute Gasteiger partial charge is 0 e. The Labute approximate surface area is 108 Å². The van der Waals surface area contributed by atoms with Crippen molar-refractivity contribution in [3.05, 3.63) is 0 Å². The molecule has 0 bridgehead atoms. The summed E-state index contributed by atoms with van der Waals surface area (Å²) in [5, 5.41) is 0. The summed E-state index contributed by atoms with van der Waals surface area (Å²) >= 11 is 0. The molecule has 0 atom stereocenters. The van der Waals surface area contributed by atoms with Crippen molar-refractivity contribution in [3.63, 3.8) is 0 Å². The predicted octanol–water partition coefficient (Wildman–Crippen LogP) is -1.14. The van der Waals surface area contributed by atoms with Gasteiger partial charge in [0.2, 0.25) is 0 Å². The Morgan fingerprint density at radius 1 is 0.500 bits per heavy atom. The van der Waals surface area contributed by atoms with Crippen LogP contribution in [0.1, 0.15) is 0 Å². The zero-order chi connectivity index (χ0) is 0. The summed E-state index contributed by atoms with van der Waals surface area (Å²) in [6.07, 6.45) is 0. The van der Waals surface area contributed by atoms with Gasteiger partial charge < -0.3 is 0 Å². The first-order valence-corrected chi connectivity index (χ1v) is 0. The molecule has 0 N–H and O–H groups in total. The Morgan fingerprint density at radius 3 is 0.500 bits per heavy atom. The first-order chi connectivity index (χ1) is 0. The molecule has 4 heavy (non-hydrogen) atoms. The summed E-state index contributed by atoms with van der Waals surface area (Å²) in [5.41, 5.74) is 0. The van der Waals surface area contributed by atoms with Crippen molar-refractivity contribution in [2.75, 3.05) is 0 Å². The summed E-state index contributed by atoms with van der Waals surface area (Å²) in [5.74, 6) is 0. The Bertz CT molecular complexity index is 3.25. The molecule has 4 heteroatoms. The minimum atomic E-state index is 0. The summed E-state index contributed by atoms with van der Waals surface area (Å²) in [6, 6.07) is 0. The van der Waals surface area contributed by atoms with Crippen molar-refractivity contribution in [2.45, 2.75) is 0 Å². The molecule has 0 aliphatic rings. The molecule has 0 amide bonds. The Balaban J connectivity index is 0. The molecule has 0 aromatic rings. The topological polar surface area (TPSA) is 0 Å². The van der Waals surface area contributed by atoms with E-state index in [9.17, 15) is 0 Å². The van der Waals surface area contributed by atoms with Gasteiger partial charge in [0.25, 0.3) is 0 Å². The predicted molar refractivity (Wildman–Crippen MR) is 17.3 cm³/mol. The van der Waals surface area contributed by atoms with Crippen LogP contribution in [0.5, 0.6) is 0 Å². The van der Waals surface area contributed by atoms with Crippen LogP contribution in [0.4, 0.5) is 0 Å². The molecule has 0 fully saturated rings. The van der Waals surface area contributed by atoms with E-state index in [1.807, 2.05) is 0 Å². The van der Waals surface area contributed by atoms with Gasteiger partial charge in [-0.2, -0.15) is 0 Å². The molecular weight excluding hydrogens is 540 g/mol. The average molecular weight is 540 g/mol. The second kappa shape index (κ2) is 15.9. The molecule has 0 aliphatic heterocycles. The van der Waals surface area contributed by atoms with Crippen molar-refractivity contribution in [2.24, 2.45) is 0 Å². The largest absolute Gasteiger partial charge is 0 e. The quantitative estimate of drug-likeness (QED) is 0.342. The maximum Gasteiger partial charge on any atom is 0 e. The van der Waals surface area contributed by atoms with Gasteiger partial charge in [-0.05, 0) is 0 Å². The Hall–Kier alpha value is 3.69. The van der Waals surface area contributed by atoms with Crippen LogP contribution in [-0.2, 0) is 0 Å². The van der Waals surface area contributed by atoms with Crippen molar-refractivity contribution in [3.8, 4) is 0 Å². The van der Waals surface area contributed by atoms with Gasteiger partial charge in [0.05, 0.1) is 0 Å². The monoisotopic (exact) mass is 548 g/mol. The molecule has 0 nitrogen and oxygen atoms in total. The molecule has 26 valence electrons. The second-order valence-electron chi connectivity index (χ2n) is 0. The van der Waals surface area contributed by atoms with Gasteiger partial charge in [0, 0.05) is 111 Å². The van der Waals surface area contributed by atoms with E-state index in [0.717, 1.165) is 0 Å². The van der Waals surface area contributed by atoms with Crippen molar-refractivity contribution in [1.82, 2.24) is 0 Å². The van der Waals surface area contributed by atoms with Crippen molar-refractivity contribution >= 4 is 71.0 Å². The van der Waals surface area contributed by atoms with Gasteiger partial charge in [-0.25, -0.2) is 0 Å².